The molecule has 1 nitrogen and oxygen atoms in total. The van der Waals surface area contributed by atoms with E-state index in [1.54, 1.807) is 0 Å². The second kappa shape index (κ2) is 8.98. The van der Waals surface area contributed by atoms with E-state index in [1.165, 1.54) is 16.9 Å². The highest BCUT2D eigenvalue weighted by Gasteiger charge is 2.30. The SMILES string of the molecule is C=C(C)C[C@H](CC(=C)NC(C)c1ccccc1)CS(C)(C)C(C)(C)C. The van der Waals surface area contributed by atoms with Crippen molar-refractivity contribution in [3.05, 3.63) is 60.3 Å². The van der Waals surface area contributed by atoms with Gasteiger partial charge in [0.05, 0.1) is 0 Å². The molecule has 1 rings (SSSR count). The maximum atomic E-state index is 4.33. The maximum absolute atomic E-state index is 4.33. The average molecular weight is 362 g/mol. The van der Waals surface area contributed by atoms with Crippen molar-refractivity contribution in [1.82, 2.24) is 5.32 Å². The Bertz CT molecular complexity index is 566. The fourth-order valence-electron chi connectivity index (χ4n) is 3.06. The lowest BCUT2D eigenvalue weighted by Crippen LogP contribution is -2.30. The van der Waals surface area contributed by atoms with Gasteiger partial charge in [0.1, 0.15) is 0 Å². The first-order chi connectivity index (χ1) is 11.4. The Morgan fingerprint density at radius 1 is 1.08 bits per heavy atom. The zero-order valence-electron chi connectivity index (χ0n) is 17.5. The quantitative estimate of drug-likeness (QED) is 0.483. The normalized spacial score (nSPS) is 15.3. The summed E-state index contributed by atoms with van der Waals surface area (Å²) in [6.07, 6.45) is 7.06. The van der Waals surface area contributed by atoms with E-state index in [2.05, 4.69) is 95.9 Å². The Kier molecular flexibility index (Phi) is 7.87. The van der Waals surface area contributed by atoms with Gasteiger partial charge in [-0.3, -0.25) is 0 Å². The van der Waals surface area contributed by atoms with Gasteiger partial charge in [0, 0.05) is 11.7 Å². The van der Waals surface area contributed by atoms with E-state index < -0.39 is 10.0 Å². The van der Waals surface area contributed by atoms with Crippen molar-refractivity contribution in [1.29, 1.82) is 0 Å². The second-order valence-electron chi connectivity index (χ2n) is 8.93. The van der Waals surface area contributed by atoms with Crippen LogP contribution >= 0.6 is 10.0 Å². The lowest BCUT2D eigenvalue weighted by atomic mass is 9.97. The molecular weight excluding hydrogens is 322 g/mol. The number of allylic oxidation sites excluding steroid dienone is 2. The van der Waals surface area contributed by atoms with Gasteiger partial charge in [0.2, 0.25) is 0 Å². The molecule has 0 aliphatic carbocycles. The Morgan fingerprint density at radius 3 is 2.12 bits per heavy atom. The van der Waals surface area contributed by atoms with Crippen LogP contribution in [-0.4, -0.2) is 23.0 Å². The van der Waals surface area contributed by atoms with Gasteiger partial charge in [-0.05, 0) is 61.2 Å². The molecule has 2 atom stereocenters. The van der Waals surface area contributed by atoms with Crippen LogP contribution in [0.3, 0.4) is 0 Å². The zero-order chi connectivity index (χ0) is 19.3. The minimum absolute atomic E-state index is 0.294. The van der Waals surface area contributed by atoms with Gasteiger partial charge in [0.15, 0.2) is 0 Å². The van der Waals surface area contributed by atoms with Crippen molar-refractivity contribution in [2.24, 2.45) is 5.92 Å². The van der Waals surface area contributed by atoms with Gasteiger partial charge in [-0.2, -0.15) is 0 Å². The van der Waals surface area contributed by atoms with Crippen molar-refractivity contribution in [2.75, 3.05) is 18.3 Å². The predicted molar refractivity (Wildman–Crippen MR) is 119 cm³/mol. The van der Waals surface area contributed by atoms with Crippen LogP contribution in [0.4, 0.5) is 0 Å². The molecule has 1 aromatic carbocycles. The number of hydrogen-bond donors (Lipinski definition) is 1. The van der Waals surface area contributed by atoms with Crippen LogP contribution in [0.1, 0.15) is 59.1 Å². The molecule has 1 N–H and O–H groups in total. The van der Waals surface area contributed by atoms with Crippen molar-refractivity contribution in [2.45, 2.75) is 58.2 Å². The highest BCUT2D eigenvalue weighted by Crippen LogP contribution is 2.54. The van der Waals surface area contributed by atoms with E-state index in [9.17, 15) is 0 Å². The summed E-state index contributed by atoms with van der Waals surface area (Å²) in [6, 6.07) is 10.9. The summed E-state index contributed by atoms with van der Waals surface area (Å²) in [4.78, 5) is 0. The lowest BCUT2D eigenvalue weighted by Gasteiger charge is -2.47. The first-order valence-corrected chi connectivity index (χ1v) is 11.9. The molecule has 0 amide bonds. The number of rotatable bonds is 9. The third-order valence-corrected chi connectivity index (χ3v) is 9.82. The summed E-state index contributed by atoms with van der Waals surface area (Å²) in [6.45, 7) is 20.0. The van der Waals surface area contributed by atoms with Crippen LogP contribution in [0, 0.1) is 5.92 Å². The fraction of sp³-hybridized carbons (Fsp3) is 0.565. The summed E-state index contributed by atoms with van der Waals surface area (Å²) in [5.74, 6) is 1.88. The van der Waals surface area contributed by atoms with E-state index in [0.717, 1.165) is 18.5 Å². The van der Waals surface area contributed by atoms with E-state index in [0.29, 0.717) is 16.7 Å². The summed E-state index contributed by atoms with van der Waals surface area (Å²) >= 11 is 0. The van der Waals surface area contributed by atoms with Gasteiger partial charge >= 0.3 is 0 Å². The molecule has 0 heterocycles. The molecule has 1 unspecified atom stereocenters. The van der Waals surface area contributed by atoms with Crippen LogP contribution in [0.2, 0.25) is 0 Å². The summed E-state index contributed by atoms with van der Waals surface area (Å²) in [5.41, 5.74) is 3.73. The molecule has 25 heavy (non-hydrogen) atoms. The van der Waals surface area contributed by atoms with Crippen molar-refractivity contribution >= 4 is 10.0 Å². The summed E-state index contributed by atoms with van der Waals surface area (Å²) in [7, 11) is -0.679. The minimum atomic E-state index is -0.679. The molecule has 0 bridgehead atoms. The average Bonchev–Trinajstić information content (AvgIpc) is 2.45. The summed E-state index contributed by atoms with van der Waals surface area (Å²) < 4.78 is 0.367. The molecular formula is C23H39NS. The lowest BCUT2D eigenvalue weighted by molar-refractivity contribution is 0.529. The highest BCUT2D eigenvalue weighted by atomic mass is 32.3. The van der Waals surface area contributed by atoms with Gasteiger partial charge in [-0.25, -0.2) is 10.0 Å². The molecule has 0 saturated carbocycles. The van der Waals surface area contributed by atoms with Crippen molar-refractivity contribution < 1.29 is 0 Å². The van der Waals surface area contributed by atoms with Gasteiger partial charge < -0.3 is 5.32 Å². The van der Waals surface area contributed by atoms with Crippen LogP contribution in [0.15, 0.2) is 54.8 Å². The van der Waals surface area contributed by atoms with E-state index in [1.807, 2.05) is 0 Å². The largest absolute Gasteiger partial charge is 0.382 e. The molecule has 0 saturated heterocycles. The standard InChI is InChI=1S/C23H39NS/c1-18(2)15-21(17-25(8,9)23(5,6)7)16-19(3)24-20(4)22-13-11-10-12-14-22/h10-14,20-21,24H,1,3,15-17H2,2,4-9H3/t20?,21-/m1/s1. The number of nitrogens with one attached hydrogen (secondary N) is 1. The third kappa shape index (κ3) is 7.32. The van der Waals surface area contributed by atoms with E-state index in [-0.39, 0.29) is 0 Å². The van der Waals surface area contributed by atoms with Crippen LogP contribution < -0.4 is 5.32 Å². The molecule has 0 radical (unpaired) electrons. The molecule has 0 fully saturated rings. The number of hydrogen-bond acceptors (Lipinski definition) is 1. The zero-order valence-corrected chi connectivity index (χ0v) is 18.3. The molecule has 0 spiro atoms. The molecule has 1 aromatic rings. The van der Waals surface area contributed by atoms with Gasteiger partial charge in [-0.15, -0.1) is 6.58 Å². The minimum Gasteiger partial charge on any atom is -0.382 e. The first kappa shape index (κ1) is 21.9. The van der Waals surface area contributed by atoms with E-state index >= 15 is 0 Å². The Balaban J connectivity index is 2.74. The molecule has 2 heteroatoms. The summed E-state index contributed by atoms with van der Waals surface area (Å²) in [5, 5.41) is 3.61. The topological polar surface area (TPSA) is 12.0 Å². The third-order valence-electron chi connectivity index (χ3n) is 5.20. The Labute approximate surface area is 158 Å². The van der Waals surface area contributed by atoms with Gasteiger partial charge in [0.25, 0.3) is 0 Å². The van der Waals surface area contributed by atoms with Crippen LogP contribution in [0.25, 0.3) is 0 Å². The highest BCUT2D eigenvalue weighted by molar-refractivity contribution is 8.33. The predicted octanol–water partition coefficient (Wildman–Crippen LogP) is 6.69. The maximum Gasteiger partial charge on any atom is 0.0482 e. The fourth-order valence-corrected chi connectivity index (χ4v) is 4.97. The molecule has 0 aliphatic rings. The van der Waals surface area contributed by atoms with Crippen molar-refractivity contribution in [3.63, 3.8) is 0 Å². The van der Waals surface area contributed by atoms with Crippen molar-refractivity contribution in [3.8, 4) is 0 Å². The molecule has 142 valence electrons. The Morgan fingerprint density at radius 2 is 1.64 bits per heavy atom. The van der Waals surface area contributed by atoms with Crippen LogP contribution in [-0.2, 0) is 0 Å². The first-order valence-electron chi connectivity index (χ1n) is 9.26. The van der Waals surface area contributed by atoms with Crippen LogP contribution in [0.5, 0.6) is 0 Å². The van der Waals surface area contributed by atoms with E-state index in [4.69, 9.17) is 0 Å². The smallest absolute Gasteiger partial charge is 0.0482 e. The number of benzene rings is 1. The second-order valence-corrected chi connectivity index (χ2v) is 13.6. The molecule has 0 aromatic heterocycles. The Hall–Kier alpha value is -1.15. The van der Waals surface area contributed by atoms with Gasteiger partial charge in [-0.1, -0.05) is 63.3 Å². The monoisotopic (exact) mass is 361 g/mol. The molecule has 0 aliphatic heterocycles.